The maximum absolute atomic E-state index is 12.3. The number of nitrogens with zero attached hydrogens (tertiary/aromatic N) is 3. The number of amides is 1. The van der Waals surface area contributed by atoms with Crippen molar-refractivity contribution in [3.8, 4) is 0 Å². The van der Waals surface area contributed by atoms with Crippen LogP contribution in [0.1, 0.15) is 30.8 Å². The van der Waals surface area contributed by atoms with Crippen LogP contribution in [0, 0.1) is 13.8 Å². The molecule has 6 heteroatoms. The van der Waals surface area contributed by atoms with E-state index in [4.69, 9.17) is 0 Å². The van der Waals surface area contributed by atoms with E-state index in [0.717, 1.165) is 53.1 Å². The average molecular weight is 404 g/mol. The third kappa shape index (κ3) is 5.80. The third-order valence-corrected chi connectivity index (χ3v) is 4.80. The molecule has 156 valence electrons. The predicted molar refractivity (Wildman–Crippen MR) is 124 cm³/mol. The summed E-state index contributed by atoms with van der Waals surface area (Å²) in [5.41, 5.74) is 3.82. The summed E-state index contributed by atoms with van der Waals surface area (Å²) in [6, 6.07) is 17.6. The van der Waals surface area contributed by atoms with Gasteiger partial charge in [0.05, 0.1) is 6.42 Å². The molecule has 3 rings (SSSR count). The predicted octanol–water partition coefficient (Wildman–Crippen LogP) is 4.86. The van der Waals surface area contributed by atoms with Crippen LogP contribution < -0.4 is 15.5 Å². The van der Waals surface area contributed by atoms with Crippen molar-refractivity contribution in [3.63, 3.8) is 0 Å². The molecule has 0 aliphatic carbocycles. The van der Waals surface area contributed by atoms with E-state index in [2.05, 4.69) is 39.3 Å². The van der Waals surface area contributed by atoms with Crippen molar-refractivity contribution in [1.29, 1.82) is 0 Å². The van der Waals surface area contributed by atoms with Crippen LogP contribution in [0.5, 0.6) is 0 Å². The van der Waals surface area contributed by atoms with Gasteiger partial charge in [0, 0.05) is 30.5 Å². The fourth-order valence-corrected chi connectivity index (χ4v) is 3.32. The van der Waals surface area contributed by atoms with Gasteiger partial charge in [0.2, 0.25) is 5.91 Å². The van der Waals surface area contributed by atoms with Crippen LogP contribution in [-0.4, -0.2) is 29.0 Å². The molecular weight excluding hydrogens is 374 g/mol. The minimum atomic E-state index is -0.0309. The van der Waals surface area contributed by atoms with E-state index in [1.807, 2.05) is 68.4 Å². The largest absolute Gasteiger partial charge is 0.357 e. The van der Waals surface area contributed by atoms with Gasteiger partial charge in [-0.2, -0.15) is 0 Å². The summed E-state index contributed by atoms with van der Waals surface area (Å²) in [6.07, 6.45) is 0.357. The summed E-state index contributed by atoms with van der Waals surface area (Å²) in [5.74, 6) is 2.36. The van der Waals surface area contributed by atoms with Crippen LogP contribution in [0.2, 0.25) is 0 Å². The van der Waals surface area contributed by atoms with Gasteiger partial charge >= 0.3 is 0 Å². The molecule has 0 atom stereocenters. The van der Waals surface area contributed by atoms with E-state index in [1.54, 1.807) is 0 Å². The Morgan fingerprint density at radius 2 is 1.63 bits per heavy atom. The highest BCUT2D eigenvalue weighted by atomic mass is 16.1. The van der Waals surface area contributed by atoms with E-state index >= 15 is 0 Å². The van der Waals surface area contributed by atoms with E-state index in [-0.39, 0.29) is 5.91 Å². The van der Waals surface area contributed by atoms with Gasteiger partial charge in [0.15, 0.2) is 0 Å². The molecule has 0 spiro atoms. The number of aromatic nitrogens is 2. The van der Waals surface area contributed by atoms with Crippen molar-refractivity contribution in [2.24, 2.45) is 0 Å². The smallest absolute Gasteiger partial charge is 0.228 e. The molecule has 3 aromatic rings. The van der Waals surface area contributed by atoms with Crippen molar-refractivity contribution in [1.82, 2.24) is 9.97 Å². The van der Waals surface area contributed by atoms with E-state index in [1.165, 1.54) is 0 Å². The molecule has 2 N–H and O–H groups in total. The van der Waals surface area contributed by atoms with Crippen LogP contribution in [0.3, 0.4) is 0 Å². The zero-order chi connectivity index (χ0) is 21.5. The van der Waals surface area contributed by atoms with Crippen molar-refractivity contribution in [2.45, 2.75) is 34.1 Å². The molecule has 30 heavy (non-hydrogen) atoms. The third-order valence-electron chi connectivity index (χ3n) is 4.80. The molecule has 1 heterocycles. The first-order chi connectivity index (χ1) is 14.5. The first-order valence-electron chi connectivity index (χ1n) is 10.3. The molecule has 0 fully saturated rings. The Kier molecular flexibility index (Phi) is 7.01. The molecule has 0 saturated heterocycles. The molecule has 0 unspecified atom stereocenters. The van der Waals surface area contributed by atoms with Crippen molar-refractivity contribution >= 4 is 28.9 Å². The Bertz CT molecular complexity index is 997. The van der Waals surface area contributed by atoms with Crippen molar-refractivity contribution < 1.29 is 4.79 Å². The minimum Gasteiger partial charge on any atom is -0.357 e. The lowest BCUT2D eigenvalue weighted by atomic mass is 10.1. The maximum atomic E-state index is 12.3. The first-order valence-corrected chi connectivity index (χ1v) is 10.3. The second kappa shape index (κ2) is 9.87. The van der Waals surface area contributed by atoms with Crippen LogP contribution in [0.4, 0.5) is 23.0 Å². The number of rotatable bonds is 8. The Hall–Kier alpha value is -3.41. The monoisotopic (exact) mass is 403 g/mol. The molecule has 0 aliphatic rings. The summed E-state index contributed by atoms with van der Waals surface area (Å²) in [7, 11) is 0. The van der Waals surface area contributed by atoms with Gasteiger partial charge in [-0.05, 0) is 57.5 Å². The second-order valence-corrected chi connectivity index (χ2v) is 7.25. The summed E-state index contributed by atoms with van der Waals surface area (Å²) >= 11 is 0. The van der Waals surface area contributed by atoms with Gasteiger partial charge < -0.3 is 15.5 Å². The van der Waals surface area contributed by atoms with E-state index < -0.39 is 0 Å². The summed E-state index contributed by atoms with van der Waals surface area (Å²) in [5, 5.41) is 6.27. The second-order valence-electron chi connectivity index (χ2n) is 7.25. The van der Waals surface area contributed by atoms with Gasteiger partial charge in [-0.3, -0.25) is 4.79 Å². The number of carbonyl (C=O) groups is 1. The number of nitrogens with one attached hydrogen (secondary N) is 2. The zero-order valence-electron chi connectivity index (χ0n) is 18.1. The topological polar surface area (TPSA) is 70.2 Å². The lowest BCUT2D eigenvalue weighted by Crippen LogP contribution is -2.23. The SMILES string of the molecule is CCN(CC)c1cc(Nc2ccc(NC(=O)Cc3cccc(C)c3)cc2)nc(C)n1. The van der Waals surface area contributed by atoms with Gasteiger partial charge in [-0.25, -0.2) is 9.97 Å². The van der Waals surface area contributed by atoms with Crippen LogP contribution in [-0.2, 0) is 11.2 Å². The molecular formula is C24H29N5O. The molecule has 0 radical (unpaired) electrons. The van der Waals surface area contributed by atoms with Gasteiger partial charge in [-0.1, -0.05) is 29.8 Å². The van der Waals surface area contributed by atoms with Crippen LogP contribution in [0.15, 0.2) is 54.6 Å². The molecule has 0 bridgehead atoms. The average Bonchev–Trinajstić information content (AvgIpc) is 2.70. The number of benzene rings is 2. The highest BCUT2D eigenvalue weighted by molar-refractivity contribution is 5.92. The summed E-state index contributed by atoms with van der Waals surface area (Å²) in [4.78, 5) is 23.5. The molecule has 1 aromatic heterocycles. The quantitative estimate of drug-likeness (QED) is 0.562. The van der Waals surface area contributed by atoms with Gasteiger partial charge in [0.1, 0.15) is 17.5 Å². The molecule has 2 aromatic carbocycles. The lowest BCUT2D eigenvalue weighted by Gasteiger charge is -2.20. The molecule has 0 aliphatic heterocycles. The Morgan fingerprint density at radius 3 is 2.30 bits per heavy atom. The van der Waals surface area contributed by atoms with E-state index in [9.17, 15) is 4.79 Å². The van der Waals surface area contributed by atoms with Crippen LogP contribution in [0.25, 0.3) is 0 Å². The Labute approximate surface area is 178 Å². The van der Waals surface area contributed by atoms with Crippen LogP contribution >= 0.6 is 0 Å². The van der Waals surface area contributed by atoms with Gasteiger partial charge in [0.25, 0.3) is 0 Å². The minimum absolute atomic E-state index is 0.0309. The Morgan fingerprint density at radius 1 is 0.933 bits per heavy atom. The first kappa shape index (κ1) is 21.3. The lowest BCUT2D eigenvalue weighted by molar-refractivity contribution is -0.115. The van der Waals surface area contributed by atoms with Crippen molar-refractivity contribution in [3.05, 3.63) is 71.5 Å². The summed E-state index contributed by atoms with van der Waals surface area (Å²) < 4.78 is 0. The Balaban J connectivity index is 1.64. The number of anilines is 4. The maximum Gasteiger partial charge on any atom is 0.228 e. The van der Waals surface area contributed by atoms with E-state index in [0.29, 0.717) is 6.42 Å². The highest BCUT2D eigenvalue weighted by Crippen LogP contribution is 2.21. The number of hydrogen-bond donors (Lipinski definition) is 2. The highest BCUT2D eigenvalue weighted by Gasteiger charge is 2.08. The number of hydrogen-bond acceptors (Lipinski definition) is 5. The van der Waals surface area contributed by atoms with Gasteiger partial charge in [-0.15, -0.1) is 0 Å². The normalized spacial score (nSPS) is 10.5. The molecule has 1 amide bonds. The fraction of sp³-hybridized carbons (Fsp3) is 0.292. The molecule has 6 nitrogen and oxygen atoms in total. The summed E-state index contributed by atoms with van der Waals surface area (Å²) in [6.45, 7) is 9.93. The standard InChI is InChI=1S/C24H29N5O/c1-5-29(6-2)23-16-22(25-18(4)26-23)27-20-10-12-21(13-11-20)28-24(30)15-19-9-7-8-17(3)14-19/h7-14,16H,5-6,15H2,1-4H3,(H,28,30)(H,25,26,27). The number of carbonyl (C=O) groups excluding carboxylic acids is 1. The van der Waals surface area contributed by atoms with Crippen molar-refractivity contribution in [2.75, 3.05) is 28.6 Å². The zero-order valence-corrected chi connectivity index (χ0v) is 18.1. The fourth-order valence-electron chi connectivity index (χ4n) is 3.32. The molecule has 0 saturated carbocycles. The number of aryl methyl sites for hydroxylation is 2.